The summed E-state index contributed by atoms with van der Waals surface area (Å²) in [5.41, 5.74) is -0.262. The molecule has 0 radical (unpaired) electrons. The average molecular weight is 283 g/mol. The van der Waals surface area contributed by atoms with Gasteiger partial charge < -0.3 is 10.4 Å². The molecule has 0 saturated heterocycles. The molecule has 6 nitrogen and oxygen atoms in total. The van der Waals surface area contributed by atoms with Crippen LogP contribution in [-0.2, 0) is 4.79 Å². The predicted octanol–water partition coefficient (Wildman–Crippen LogP) is 2.22. The molecule has 3 N–H and O–H groups in total. The highest BCUT2D eigenvalue weighted by Gasteiger charge is 2.39. The van der Waals surface area contributed by atoms with E-state index in [4.69, 9.17) is 5.11 Å². The van der Waals surface area contributed by atoms with Gasteiger partial charge in [0.15, 0.2) is 5.13 Å². The van der Waals surface area contributed by atoms with Crippen molar-refractivity contribution in [2.45, 2.75) is 32.6 Å². The molecule has 104 valence electrons. The Kier molecular flexibility index (Phi) is 4.04. The molecule has 7 heteroatoms. The molecule has 0 bridgehead atoms. The van der Waals surface area contributed by atoms with Crippen molar-refractivity contribution in [2.24, 2.45) is 5.41 Å². The summed E-state index contributed by atoms with van der Waals surface area (Å²) in [7, 11) is 0. The highest BCUT2D eigenvalue weighted by molar-refractivity contribution is 7.15. The number of hydrogen-bond donors (Lipinski definition) is 3. The average Bonchev–Trinajstić information content (AvgIpc) is 2.67. The summed E-state index contributed by atoms with van der Waals surface area (Å²) in [6.07, 6.45) is 4.55. The van der Waals surface area contributed by atoms with Gasteiger partial charge in [-0.3, -0.25) is 10.1 Å². The van der Waals surface area contributed by atoms with Crippen molar-refractivity contribution in [2.75, 3.05) is 11.9 Å². The van der Waals surface area contributed by atoms with E-state index < -0.39 is 5.97 Å². The third-order valence-electron chi connectivity index (χ3n) is 3.41. The summed E-state index contributed by atoms with van der Waals surface area (Å²) in [6.45, 7) is 2.31. The maximum Gasteiger partial charge on any atom is 0.321 e. The lowest BCUT2D eigenvalue weighted by Crippen LogP contribution is -2.44. The van der Waals surface area contributed by atoms with Crippen LogP contribution in [0.1, 0.15) is 30.6 Å². The van der Waals surface area contributed by atoms with Crippen molar-refractivity contribution in [1.29, 1.82) is 0 Å². The van der Waals surface area contributed by atoms with E-state index in [1.165, 1.54) is 11.3 Å². The molecule has 1 saturated carbocycles. The first-order valence-electron chi connectivity index (χ1n) is 6.18. The number of carboxylic acid groups (broad SMARTS) is 1. The van der Waals surface area contributed by atoms with E-state index >= 15 is 0 Å². The van der Waals surface area contributed by atoms with Crippen molar-refractivity contribution >= 4 is 28.5 Å². The van der Waals surface area contributed by atoms with Gasteiger partial charge in [0.1, 0.15) is 0 Å². The highest BCUT2D eigenvalue weighted by atomic mass is 32.1. The fourth-order valence-corrected chi connectivity index (χ4v) is 2.89. The number of aryl methyl sites for hydroxylation is 1. The summed E-state index contributed by atoms with van der Waals surface area (Å²) in [4.78, 5) is 27.6. The summed E-state index contributed by atoms with van der Waals surface area (Å²) < 4.78 is 0. The van der Waals surface area contributed by atoms with Crippen LogP contribution in [0, 0.1) is 12.3 Å². The maximum atomic E-state index is 11.7. The van der Waals surface area contributed by atoms with Gasteiger partial charge in [0.2, 0.25) is 0 Å². The predicted molar refractivity (Wildman–Crippen MR) is 72.4 cm³/mol. The van der Waals surface area contributed by atoms with Gasteiger partial charge in [-0.05, 0) is 25.2 Å². The number of rotatable bonds is 5. The monoisotopic (exact) mass is 283 g/mol. The van der Waals surface area contributed by atoms with Gasteiger partial charge in [-0.15, -0.1) is 11.3 Å². The van der Waals surface area contributed by atoms with Gasteiger partial charge in [0, 0.05) is 17.6 Å². The fourth-order valence-electron chi connectivity index (χ4n) is 2.24. The van der Waals surface area contributed by atoms with E-state index in [1.54, 1.807) is 6.20 Å². The van der Waals surface area contributed by atoms with E-state index in [0.29, 0.717) is 11.7 Å². The number of aliphatic carboxylic acids is 1. The van der Waals surface area contributed by atoms with Gasteiger partial charge in [-0.25, -0.2) is 9.78 Å². The minimum absolute atomic E-state index is 0.115. The van der Waals surface area contributed by atoms with Crippen LogP contribution in [-0.4, -0.2) is 28.6 Å². The van der Waals surface area contributed by atoms with Crippen molar-refractivity contribution in [3.05, 3.63) is 11.1 Å². The van der Waals surface area contributed by atoms with E-state index in [1.807, 2.05) is 6.92 Å². The number of aromatic nitrogens is 1. The number of carbonyl (C=O) groups is 2. The van der Waals surface area contributed by atoms with Crippen LogP contribution in [0.2, 0.25) is 0 Å². The van der Waals surface area contributed by atoms with Crippen LogP contribution in [0.15, 0.2) is 6.20 Å². The van der Waals surface area contributed by atoms with Gasteiger partial charge in [0.25, 0.3) is 0 Å². The molecule has 1 aliphatic rings. The number of urea groups is 1. The Morgan fingerprint density at radius 2 is 2.26 bits per heavy atom. The molecule has 0 spiro atoms. The Balaban J connectivity index is 1.81. The molecule has 1 heterocycles. The minimum atomic E-state index is -0.808. The molecule has 0 unspecified atom stereocenters. The molecular formula is C12H17N3O3S. The Morgan fingerprint density at radius 3 is 2.74 bits per heavy atom. The lowest BCUT2D eigenvalue weighted by Gasteiger charge is -2.40. The standard InChI is InChI=1S/C12H17N3O3S/c1-8-6-13-11(19-8)15-10(18)14-7-12(3-2-4-12)5-9(16)17/h6H,2-5,7H2,1H3,(H,16,17)(H2,13,14,15,18). The van der Waals surface area contributed by atoms with Crippen LogP contribution in [0.25, 0.3) is 0 Å². The third-order valence-corrected chi connectivity index (χ3v) is 4.23. The first kappa shape index (κ1) is 13.8. The molecule has 0 aliphatic heterocycles. The number of thiazole rings is 1. The quantitative estimate of drug-likeness (QED) is 0.772. The largest absolute Gasteiger partial charge is 0.481 e. The summed E-state index contributed by atoms with van der Waals surface area (Å²) >= 11 is 1.40. The molecule has 2 rings (SSSR count). The van der Waals surface area contributed by atoms with E-state index in [9.17, 15) is 9.59 Å². The van der Waals surface area contributed by atoms with Crippen LogP contribution < -0.4 is 10.6 Å². The van der Waals surface area contributed by atoms with Crippen LogP contribution in [0.4, 0.5) is 9.93 Å². The molecule has 19 heavy (non-hydrogen) atoms. The van der Waals surface area contributed by atoms with Crippen LogP contribution >= 0.6 is 11.3 Å². The van der Waals surface area contributed by atoms with E-state index in [-0.39, 0.29) is 17.9 Å². The van der Waals surface area contributed by atoms with E-state index in [0.717, 1.165) is 24.1 Å². The van der Waals surface area contributed by atoms with Gasteiger partial charge in [-0.1, -0.05) is 6.42 Å². The topological polar surface area (TPSA) is 91.3 Å². The molecule has 1 aromatic heterocycles. The van der Waals surface area contributed by atoms with Crippen molar-refractivity contribution < 1.29 is 14.7 Å². The lowest BCUT2D eigenvalue weighted by atomic mass is 9.66. The zero-order valence-corrected chi connectivity index (χ0v) is 11.5. The Labute approximate surface area is 115 Å². The molecule has 1 fully saturated rings. The molecule has 1 aliphatic carbocycles. The lowest BCUT2D eigenvalue weighted by molar-refractivity contribution is -0.141. The second-order valence-electron chi connectivity index (χ2n) is 5.01. The first-order valence-corrected chi connectivity index (χ1v) is 7.00. The first-order chi connectivity index (χ1) is 8.99. The van der Waals surface area contributed by atoms with Crippen molar-refractivity contribution in [3.63, 3.8) is 0 Å². The molecule has 1 aromatic rings. The molecular weight excluding hydrogens is 266 g/mol. The normalized spacial score (nSPS) is 16.5. The minimum Gasteiger partial charge on any atom is -0.481 e. The maximum absolute atomic E-state index is 11.7. The molecule has 2 amide bonds. The summed E-state index contributed by atoms with van der Waals surface area (Å²) in [6, 6.07) is -0.328. The number of anilines is 1. The summed E-state index contributed by atoms with van der Waals surface area (Å²) in [5, 5.41) is 14.8. The van der Waals surface area contributed by atoms with Crippen molar-refractivity contribution in [3.8, 4) is 0 Å². The van der Waals surface area contributed by atoms with Crippen LogP contribution in [0.3, 0.4) is 0 Å². The number of nitrogens with one attached hydrogen (secondary N) is 2. The van der Waals surface area contributed by atoms with Gasteiger partial charge >= 0.3 is 12.0 Å². The number of amides is 2. The number of nitrogens with zero attached hydrogens (tertiary/aromatic N) is 1. The Bertz CT molecular complexity index is 482. The van der Waals surface area contributed by atoms with Crippen LogP contribution in [0.5, 0.6) is 0 Å². The number of hydrogen-bond acceptors (Lipinski definition) is 4. The number of carboxylic acids is 1. The Hall–Kier alpha value is -1.63. The van der Waals surface area contributed by atoms with E-state index in [2.05, 4.69) is 15.6 Å². The molecule has 0 aromatic carbocycles. The smallest absolute Gasteiger partial charge is 0.321 e. The second kappa shape index (κ2) is 5.56. The zero-order valence-electron chi connectivity index (χ0n) is 10.7. The van der Waals surface area contributed by atoms with Gasteiger partial charge in [-0.2, -0.15) is 0 Å². The number of carbonyl (C=O) groups excluding carboxylic acids is 1. The molecule has 0 atom stereocenters. The summed E-state index contributed by atoms with van der Waals surface area (Å²) in [5.74, 6) is -0.808. The Morgan fingerprint density at radius 1 is 1.53 bits per heavy atom. The second-order valence-corrected chi connectivity index (χ2v) is 6.24. The highest BCUT2D eigenvalue weighted by Crippen LogP contribution is 2.43. The third kappa shape index (κ3) is 3.66. The fraction of sp³-hybridized carbons (Fsp3) is 0.583. The van der Waals surface area contributed by atoms with Gasteiger partial charge in [0.05, 0.1) is 6.42 Å². The van der Waals surface area contributed by atoms with Crippen molar-refractivity contribution in [1.82, 2.24) is 10.3 Å². The SMILES string of the molecule is Cc1cnc(NC(=O)NCC2(CC(=O)O)CCC2)s1. The zero-order chi connectivity index (χ0) is 13.9.